The predicted molar refractivity (Wildman–Crippen MR) is 131 cm³/mol. The van der Waals surface area contributed by atoms with Crippen LogP contribution in [0.15, 0.2) is 40.3 Å². The lowest BCUT2D eigenvalue weighted by Gasteiger charge is -2.18. The van der Waals surface area contributed by atoms with Gasteiger partial charge in [0, 0.05) is 25.0 Å². The van der Waals surface area contributed by atoms with E-state index in [-0.39, 0.29) is 24.8 Å². The average molecular weight is 589 g/mol. The van der Waals surface area contributed by atoms with E-state index in [9.17, 15) is 40.3 Å². The lowest BCUT2D eigenvalue weighted by Crippen LogP contribution is -2.27. The number of aromatic amines is 1. The minimum absolute atomic E-state index is 0.0259. The van der Waals surface area contributed by atoms with Gasteiger partial charge in [-0.1, -0.05) is 0 Å². The van der Waals surface area contributed by atoms with Crippen molar-refractivity contribution in [3.8, 4) is 11.4 Å². The van der Waals surface area contributed by atoms with Crippen molar-refractivity contribution in [1.29, 1.82) is 0 Å². The van der Waals surface area contributed by atoms with Crippen LogP contribution in [-0.2, 0) is 18.9 Å². The molecule has 9 nitrogen and oxygen atoms in total. The molecular formula is C24H19F8N7O2. The van der Waals surface area contributed by atoms with Crippen molar-refractivity contribution in [2.24, 2.45) is 0 Å². The van der Waals surface area contributed by atoms with Gasteiger partial charge in [-0.25, -0.2) is 23.8 Å². The van der Waals surface area contributed by atoms with E-state index >= 15 is 4.39 Å². The highest BCUT2D eigenvalue weighted by molar-refractivity contribution is 5.86. The highest BCUT2D eigenvalue weighted by Gasteiger charge is 2.37. The van der Waals surface area contributed by atoms with Crippen LogP contribution >= 0.6 is 0 Å². The maximum Gasteiger partial charge on any atom is 0.423 e. The number of benzene rings is 1. The molecule has 4 N–H and O–H groups in total. The quantitative estimate of drug-likeness (QED) is 0.266. The van der Waals surface area contributed by atoms with E-state index in [1.165, 1.54) is 19.2 Å². The Labute approximate surface area is 224 Å². The van der Waals surface area contributed by atoms with Crippen LogP contribution in [0.3, 0.4) is 0 Å². The van der Waals surface area contributed by atoms with E-state index in [4.69, 9.17) is 5.73 Å². The van der Waals surface area contributed by atoms with Crippen LogP contribution in [-0.4, -0.2) is 30.8 Å². The molecule has 1 unspecified atom stereocenters. The number of aryl methyl sites for hydroxylation is 1. The van der Waals surface area contributed by atoms with Gasteiger partial charge >= 0.3 is 12.4 Å². The highest BCUT2D eigenvalue weighted by atomic mass is 19.4. The van der Waals surface area contributed by atoms with Crippen LogP contribution in [0.5, 0.6) is 0 Å². The fourth-order valence-electron chi connectivity index (χ4n) is 4.15. The normalized spacial score (nSPS) is 13.0. The largest absolute Gasteiger partial charge is 0.423 e. The molecule has 4 rings (SSSR count). The summed E-state index contributed by atoms with van der Waals surface area (Å²) in [4.78, 5) is 31.4. The number of rotatable bonds is 7. The molecular weight excluding hydrogens is 570 g/mol. The topological polar surface area (TPSA) is 132 Å². The summed E-state index contributed by atoms with van der Waals surface area (Å²) in [7, 11) is 0. The van der Waals surface area contributed by atoms with Crippen molar-refractivity contribution in [3.63, 3.8) is 0 Å². The Hall–Kier alpha value is -4.57. The van der Waals surface area contributed by atoms with Gasteiger partial charge in [-0.3, -0.25) is 9.59 Å². The van der Waals surface area contributed by atoms with Crippen LogP contribution < -0.4 is 22.2 Å². The summed E-state index contributed by atoms with van der Waals surface area (Å²) in [5.41, 5.74) is -0.944. The van der Waals surface area contributed by atoms with Gasteiger partial charge in [-0.15, -0.1) is 0 Å². The van der Waals surface area contributed by atoms with Crippen LogP contribution in [0.2, 0.25) is 0 Å². The molecule has 0 spiro atoms. The number of nitrogen functional groups attached to an aromatic ring is 1. The molecule has 0 aliphatic rings. The number of hydrogen-bond acceptors (Lipinski definition) is 7. The van der Waals surface area contributed by atoms with E-state index in [1.54, 1.807) is 5.10 Å². The molecule has 0 aliphatic heterocycles. The Morgan fingerprint density at radius 2 is 1.78 bits per heavy atom. The molecule has 0 bridgehead atoms. The Kier molecular flexibility index (Phi) is 7.73. The lowest BCUT2D eigenvalue weighted by molar-refractivity contribution is -0.138. The number of nitrogens with two attached hydrogens (primary N) is 1. The average Bonchev–Trinajstić information content (AvgIpc) is 2.85. The van der Waals surface area contributed by atoms with Gasteiger partial charge in [-0.2, -0.15) is 31.4 Å². The predicted octanol–water partition coefficient (Wildman–Crippen LogP) is 4.72. The zero-order valence-corrected chi connectivity index (χ0v) is 20.8. The molecule has 0 radical (unpaired) electrons. The first kappa shape index (κ1) is 29.4. The van der Waals surface area contributed by atoms with E-state index in [2.05, 4.69) is 20.4 Å². The number of hydrogen-bond donors (Lipinski definition) is 3. The number of aromatic nitrogens is 5. The van der Waals surface area contributed by atoms with Gasteiger partial charge in [0.25, 0.3) is 11.1 Å². The number of fused-ring (bicyclic) bond motifs is 1. The van der Waals surface area contributed by atoms with Gasteiger partial charge in [-0.05, 0) is 37.3 Å². The Morgan fingerprint density at radius 1 is 1.07 bits per heavy atom. The van der Waals surface area contributed by atoms with E-state index in [1.807, 2.05) is 0 Å². The van der Waals surface area contributed by atoms with Crippen LogP contribution in [0.1, 0.15) is 30.9 Å². The lowest BCUT2D eigenvalue weighted by atomic mass is 10.1. The van der Waals surface area contributed by atoms with Crippen molar-refractivity contribution in [2.45, 2.75) is 44.7 Å². The third-order valence-corrected chi connectivity index (χ3v) is 6.09. The summed E-state index contributed by atoms with van der Waals surface area (Å²) in [6.07, 6.45) is -6.95. The molecule has 0 saturated carbocycles. The standard InChI is InChI=1S/C24H19F8N7O2/c1-10(36-14-9-35-38-21(40)16(14)24(30,31)32)3-2-5-39-6-4-11-7-12(17(25)18(26)15(11)22(39)41)20-34-8-13(19(33)37-20)23(27,28)29/h4,6-10H,2-3,5H2,1H3,(H2,33,34,37)(H2,36,38,40). The number of alkyl halides is 6. The van der Waals surface area contributed by atoms with Gasteiger partial charge in [0.1, 0.15) is 16.9 Å². The van der Waals surface area contributed by atoms with Crippen molar-refractivity contribution in [2.75, 3.05) is 11.1 Å². The smallest absolute Gasteiger partial charge is 0.383 e. The zero-order chi connectivity index (χ0) is 30.3. The number of halogens is 8. The minimum atomic E-state index is -4.93. The monoisotopic (exact) mass is 589 g/mol. The molecule has 0 saturated heterocycles. The number of nitrogens with zero attached hydrogens (tertiary/aromatic N) is 4. The van der Waals surface area contributed by atoms with Crippen LogP contribution in [0.4, 0.5) is 46.6 Å². The van der Waals surface area contributed by atoms with E-state index in [0.717, 1.165) is 16.8 Å². The maximum absolute atomic E-state index is 15.0. The summed E-state index contributed by atoms with van der Waals surface area (Å²) < 4.78 is 109. The summed E-state index contributed by atoms with van der Waals surface area (Å²) in [6.45, 7) is 1.51. The first-order valence-corrected chi connectivity index (χ1v) is 11.7. The molecule has 41 heavy (non-hydrogen) atoms. The minimum Gasteiger partial charge on any atom is -0.383 e. The Morgan fingerprint density at radius 3 is 2.41 bits per heavy atom. The second kappa shape index (κ2) is 10.8. The molecule has 3 aromatic heterocycles. The third kappa shape index (κ3) is 5.97. The van der Waals surface area contributed by atoms with Gasteiger partial charge in [0.2, 0.25) is 0 Å². The summed E-state index contributed by atoms with van der Waals surface area (Å²) in [5, 5.41) is 6.93. The molecule has 1 aromatic carbocycles. The molecule has 0 aliphatic carbocycles. The third-order valence-electron chi connectivity index (χ3n) is 6.09. The Bertz CT molecular complexity index is 1730. The number of H-pyrrole nitrogens is 1. The molecule has 1 atom stereocenters. The van der Waals surface area contributed by atoms with Crippen molar-refractivity contribution in [3.05, 3.63) is 74.2 Å². The summed E-state index contributed by atoms with van der Waals surface area (Å²) in [6, 6.07) is 1.67. The van der Waals surface area contributed by atoms with Gasteiger partial charge in [0.05, 0.1) is 22.8 Å². The SMILES string of the molecule is CC(CCCn1ccc2cc(-c3ncc(C(F)(F)F)c(N)n3)c(F)c(F)c2c1=O)Nc1cn[nH]c(=O)c1C(F)(F)F. The number of anilines is 2. The maximum atomic E-state index is 15.0. The van der Waals surface area contributed by atoms with Crippen molar-refractivity contribution in [1.82, 2.24) is 24.7 Å². The first-order valence-electron chi connectivity index (χ1n) is 11.7. The van der Waals surface area contributed by atoms with E-state index in [0.29, 0.717) is 6.20 Å². The van der Waals surface area contributed by atoms with Gasteiger partial charge < -0.3 is 15.6 Å². The van der Waals surface area contributed by atoms with Crippen molar-refractivity contribution >= 4 is 22.3 Å². The molecule has 0 fully saturated rings. The summed E-state index contributed by atoms with van der Waals surface area (Å²) >= 11 is 0. The molecule has 17 heteroatoms. The van der Waals surface area contributed by atoms with Crippen LogP contribution in [0, 0.1) is 11.6 Å². The van der Waals surface area contributed by atoms with Crippen molar-refractivity contribution < 1.29 is 35.1 Å². The molecule has 4 aromatic rings. The second-order valence-electron chi connectivity index (χ2n) is 8.99. The number of pyridine rings is 1. The second-order valence-corrected chi connectivity index (χ2v) is 8.99. The molecule has 0 amide bonds. The highest BCUT2D eigenvalue weighted by Crippen LogP contribution is 2.34. The summed E-state index contributed by atoms with van der Waals surface area (Å²) in [5.74, 6) is -4.76. The van der Waals surface area contributed by atoms with E-state index < -0.39 is 80.6 Å². The fraction of sp³-hybridized carbons (Fsp3) is 0.292. The number of nitrogens with one attached hydrogen (secondary N) is 2. The van der Waals surface area contributed by atoms with Gasteiger partial charge in [0.15, 0.2) is 17.5 Å². The fourth-order valence-corrected chi connectivity index (χ4v) is 4.15. The first-order chi connectivity index (χ1) is 19.1. The Balaban J connectivity index is 1.54. The molecule has 218 valence electrons. The molecule has 3 heterocycles. The van der Waals surface area contributed by atoms with Crippen LogP contribution in [0.25, 0.3) is 22.2 Å². The zero-order valence-electron chi connectivity index (χ0n) is 20.8.